The molecule has 2 N–H and O–H groups in total. The summed E-state index contributed by atoms with van der Waals surface area (Å²) >= 11 is 0. The number of hydrogen-bond donors (Lipinski definition) is 2. The van der Waals surface area contributed by atoms with Gasteiger partial charge in [-0.25, -0.2) is 8.42 Å². The van der Waals surface area contributed by atoms with Gasteiger partial charge in [0.15, 0.2) is 0 Å². The van der Waals surface area contributed by atoms with E-state index in [-0.39, 0.29) is 6.04 Å². The normalized spacial score (nSPS) is 17.6. The summed E-state index contributed by atoms with van der Waals surface area (Å²) in [5.74, 6) is 0. The Bertz CT molecular complexity index is 537. The molecule has 2 rings (SSSR count). The molecule has 1 aromatic rings. The summed E-state index contributed by atoms with van der Waals surface area (Å²) in [6, 6.07) is 2.09. The summed E-state index contributed by atoms with van der Waals surface area (Å²) < 4.78 is 31.2. The number of aromatic nitrogens is 1. The van der Waals surface area contributed by atoms with Gasteiger partial charge in [-0.1, -0.05) is 0 Å². The van der Waals surface area contributed by atoms with E-state index in [1.807, 2.05) is 6.92 Å². The van der Waals surface area contributed by atoms with Crippen molar-refractivity contribution in [3.63, 3.8) is 0 Å². The number of methoxy groups -OCH3 is 1. The maximum Gasteiger partial charge on any atom is 0.244 e. The molecule has 1 aromatic heterocycles. The van der Waals surface area contributed by atoms with Crippen LogP contribution in [0.5, 0.6) is 0 Å². The lowest BCUT2D eigenvalue weighted by Gasteiger charge is -2.22. The molecule has 0 aliphatic heterocycles. The second-order valence-corrected chi connectivity index (χ2v) is 7.34. The van der Waals surface area contributed by atoms with Crippen LogP contribution >= 0.6 is 0 Å². The molecule has 20 heavy (non-hydrogen) atoms. The summed E-state index contributed by atoms with van der Waals surface area (Å²) in [5.41, 5.74) is 0.892. The van der Waals surface area contributed by atoms with Crippen LogP contribution in [0.3, 0.4) is 0 Å². The topological polar surface area (TPSA) is 74.4 Å². The number of likely N-dealkylation sites (N-methyl/N-ethyl adjacent to an activating group) is 1. The number of aromatic amines is 1. The molecule has 114 valence electrons. The Hall–Kier alpha value is -0.890. The van der Waals surface area contributed by atoms with Gasteiger partial charge >= 0.3 is 0 Å². The summed E-state index contributed by atoms with van der Waals surface area (Å²) in [6.45, 7) is 2.87. The number of nitrogens with zero attached hydrogens (tertiary/aromatic N) is 1. The summed E-state index contributed by atoms with van der Waals surface area (Å²) in [4.78, 5) is 3.32. The van der Waals surface area contributed by atoms with E-state index in [1.165, 1.54) is 17.1 Å². The minimum absolute atomic E-state index is 0.201. The highest BCUT2D eigenvalue weighted by molar-refractivity contribution is 7.89. The molecule has 0 aromatic carbocycles. The van der Waals surface area contributed by atoms with Gasteiger partial charge in [-0.05, 0) is 25.8 Å². The van der Waals surface area contributed by atoms with Gasteiger partial charge in [0.25, 0.3) is 0 Å². The molecule has 0 bridgehead atoms. The van der Waals surface area contributed by atoms with E-state index >= 15 is 0 Å². The smallest absolute Gasteiger partial charge is 0.244 e. The fourth-order valence-electron chi connectivity index (χ4n) is 1.96. The molecule has 7 heteroatoms. The van der Waals surface area contributed by atoms with E-state index in [2.05, 4.69) is 10.3 Å². The molecule has 1 atom stereocenters. The zero-order valence-corrected chi connectivity index (χ0v) is 13.0. The second kappa shape index (κ2) is 6.26. The molecule has 0 saturated heterocycles. The van der Waals surface area contributed by atoms with Gasteiger partial charge in [0, 0.05) is 44.7 Å². The minimum Gasteiger partial charge on any atom is -0.383 e. The van der Waals surface area contributed by atoms with Crippen molar-refractivity contribution in [3.05, 3.63) is 18.0 Å². The van der Waals surface area contributed by atoms with Crippen molar-refractivity contribution in [2.75, 3.05) is 20.8 Å². The average molecular weight is 301 g/mol. The zero-order chi connectivity index (χ0) is 14.8. The van der Waals surface area contributed by atoms with E-state index < -0.39 is 10.0 Å². The number of ether oxygens (including phenoxy) is 1. The Morgan fingerprint density at radius 2 is 2.25 bits per heavy atom. The lowest BCUT2D eigenvalue weighted by atomic mass is 10.4. The quantitative estimate of drug-likeness (QED) is 0.749. The first-order chi connectivity index (χ1) is 9.45. The highest BCUT2D eigenvalue weighted by Crippen LogP contribution is 2.21. The van der Waals surface area contributed by atoms with Crippen LogP contribution in [0.4, 0.5) is 0 Å². The lowest BCUT2D eigenvalue weighted by Crippen LogP contribution is -2.37. The molecule has 0 radical (unpaired) electrons. The lowest BCUT2D eigenvalue weighted by molar-refractivity contribution is 0.149. The number of sulfonamides is 1. The van der Waals surface area contributed by atoms with Crippen molar-refractivity contribution < 1.29 is 13.2 Å². The predicted octanol–water partition coefficient (Wildman–Crippen LogP) is 0.922. The monoisotopic (exact) mass is 301 g/mol. The van der Waals surface area contributed by atoms with Crippen LogP contribution in [0.15, 0.2) is 17.2 Å². The first kappa shape index (κ1) is 15.5. The summed E-state index contributed by atoms with van der Waals surface area (Å²) in [7, 11) is -0.326. The summed E-state index contributed by atoms with van der Waals surface area (Å²) in [5, 5.41) is 3.35. The van der Waals surface area contributed by atoms with Crippen LogP contribution in [-0.4, -0.2) is 50.6 Å². The number of rotatable bonds is 8. The molecule has 1 unspecified atom stereocenters. The largest absolute Gasteiger partial charge is 0.383 e. The second-order valence-electron chi connectivity index (χ2n) is 5.34. The average Bonchev–Trinajstić information content (AvgIpc) is 3.11. The number of nitrogens with one attached hydrogen (secondary N) is 2. The third-order valence-electron chi connectivity index (χ3n) is 3.58. The third-order valence-corrected chi connectivity index (χ3v) is 5.53. The van der Waals surface area contributed by atoms with Crippen LogP contribution < -0.4 is 5.32 Å². The van der Waals surface area contributed by atoms with Crippen LogP contribution in [0, 0.1) is 0 Å². The van der Waals surface area contributed by atoms with E-state index in [1.54, 1.807) is 26.4 Å². The molecule has 1 aliphatic rings. The Labute approximate surface area is 120 Å². The highest BCUT2D eigenvalue weighted by Gasteiger charge is 2.26. The molecule has 0 amide bonds. The fourth-order valence-corrected chi connectivity index (χ4v) is 3.33. The van der Waals surface area contributed by atoms with Gasteiger partial charge in [0.2, 0.25) is 10.0 Å². The summed E-state index contributed by atoms with van der Waals surface area (Å²) in [6.07, 6.45) is 3.97. The molecule has 1 saturated carbocycles. The zero-order valence-electron chi connectivity index (χ0n) is 12.2. The molecule has 0 spiro atoms. The number of hydrogen-bond acceptors (Lipinski definition) is 4. The van der Waals surface area contributed by atoms with Crippen molar-refractivity contribution >= 4 is 10.0 Å². The van der Waals surface area contributed by atoms with Crippen LogP contribution in [-0.2, 0) is 21.3 Å². The minimum atomic E-state index is -3.47. The molecule has 1 fully saturated rings. The van der Waals surface area contributed by atoms with Crippen molar-refractivity contribution in [1.82, 2.24) is 14.6 Å². The molecule has 6 nitrogen and oxygen atoms in total. The van der Waals surface area contributed by atoms with Crippen molar-refractivity contribution in [2.24, 2.45) is 0 Å². The third kappa shape index (κ3) is 3.60. The Morgan fingerprint density at radius 1 is 1.55 bits per heavy atom. The molecular weight excluding hydrogens is 278 g/mol. The molecular formula is C13H23N3O3S. The Morgan fingerprint density at radius 3 is 2.85 bits per heavy atom. The van der Waals surface area contributed by atoms with E-state index in [0.29, 0.717) is 24.1 Å². The van der Waals surface area contributed by atoms with Crippen molar-refractivity contribution in [3.8, 4) is 0 Å². The van der Waals surface area contributed by atoms with Gasteiger partial charge < -0.3 is 15.0 Å². The van der Waals surface area contributed by atoms with E-state index in [9.17, 15) is 8.42 Å². The maximum atomic E-state index is 12.4. The first-order valence-electron chi connectivity index (χ1n) is 6.82. The van der Waals surface area contributed by atoms with Crippen molar-refractivity contribution in [1.29, 1.82) is 0 Å². The SMILES string of the molecule is COCC(C)N(C)S(=O)(=O)c1c[nH]c(CNC2CC2)c1. The predicted molar refractivity (Wildman–Crippen MR) is 76.9 cm³/mol. The van der Waals surface area contributed by atoms with Gasteiger partial charge in [-0.2, -0.15) is 4.31 Å². The van der Waals surface area contributed by atoms with E-state index in [0.717, 1.165) is 5.69 Å². The standard InChI is InChI=1S/C13H23N3O3S/c1-10(9-19-3)16(2)20(17,18)13-6-12(15-8-13)7-14-11-4-5-11/h6,8,10-11,14-15H,4-5,7,9H2,1-3H3. The van der Waals surface area contributed by atoms with Crippen LogP contribution in [0.25, 0.3) is 0 Å². The Balaban J connectivity index is 2.04. The molecule has 1 aliphatic carbocycles. The number of H-pyrrole nitrogens is 1. The highest BCUT2D eigenvalue weighted by atomic mass is 32.2. The molecule has 1 heterocycles. The van der Waals surface area contributed by atoms with E-state index in [4.69, 9.17) is 4.74 Å². The van der Waals surface area contributed by atoms with Crippen LogP contribution in [0.2, 0.25) is 0 Å². The van der Waals surface area contributed by atoms with Gasteiger partial charge in [0.1, 0.15) is 0 Å². The van der Waals surface area contributed by atoms with Gasteiger partial charge in [-0.3, -0.25) is 0 Å². The van der Waals surface area contributed by atoms with Gasteiger partial charge in [0.05, 0.1) is 11.5 Å². The fraction of sp³-hybridized carbons (Fsp3) is 0.692. The van der Waals surface area contributed by atoms with Crippen molar-refractivity contribution in [2.45, 2.75) is 43.3 Å². The maximum absolute atomic E-state index is 12.4. The van der Waals surface area contributed by atoms with Gasteiger partial charge in [-0.15, -0.1) is 0 Å². The Kier molecular flexibility index (Phi) is 4.85. The van der Waals surface area contributed by atoms with Crippen LogP contribution in [0.1, 0.15) is 25.5 Å². The first-order valence-corrected chi connectivity index (χ1v) is 8.27.